The molecule has 0 heterocycles. The van der Waals surface area contributed by atoms with Gasteiger partial charge in [-0.3, -0.25) is 4.79 Å². The number of rotatable bonds is 7. The minimum Gasteiger partial charge on any atom is -0.504 e. The monoisotopic (exact) mass is 280 g/mol. The third kappa shape index (κ3) is 4.74. The molecule has 5 nitrogen and oxygen atoms in total. The molecule has 1 rings (SSSR count). The lowest BCUT2D eigenvalue weighted by atomic mass is 10.1. The molecule has 1 amide bonds. The quantitative estimate of drug-likeness (QED) is 0.799. The molecule has 0 aliphatic carbocycles. The molecule has 1 aromatic rings. The summed E-state index contributed by atoms with van der Waals surface area (Å²) in [4.78, 5) is 13.7. The summed E-state index contributed by atoms with van der Waals surface area (Å²) in [5.41, 5.74) is 0.923. The Morgan fingerprint density at radius 1 is 1.50 bits per heavy atom. The summed E-state index contributed by atoms with van der Waals surface area (Å²) in [6.45, 7) is 5.37. The first kappa shape index (κ1) is 16.3. The number of phenolic OH excluding ortho intramolecular Hbond substituents is 1. The fourth-order valence-electron chi connectivity index (χ4n) is 2.02. The summed E-state index contributed by atoms with van der Waals surface area (Å²) in [6, 6.07) is 5.28. The van der Waals surface area contributed by atoms with Crippen LogP contribution in [0.4, 0.5) is 0 Å². The SMILES string of the molecule is CCNC(C)CC(=O)N(C)Cc1ccc(O)c(OC)c1. The topological polar surface area (TPSA) is 61.8 Å². The van der Waals surface area contributed by atoms with Crippen LogP contribution in [0, 0.1) is 0 Å². The van der Waals surface area contributed by atoms with Gasteiger partial charge in [-0.25, -0.2) is 0 Å². The molecule has 112 valence electrons. The maximum absolute atomic E-state index is 12.1. The smallest absolute Gasteiger partial charge is 0.224 e. The van der Waals surface area contributed by atoms with Crippen molar-refractivity contribution in [2.45, 2.75) is 32.9 Å². The van der Waals surface area contributed by atoms with Gasteiger partial charge in [0.05, 0.1) is 7.11 Å². The van der Waals surface area contributed by atoms with Gasteiger partial charge in [-0.05, 0) is 31.2 Å². The van der Waals surface area contributed by atoms with Gasteiger partial charge in [-0.15, -0.1) is 0 Å². The average molecular weight is 280 g/mol. The highest BCUT2D eigenvalue weighted by Gasteiger charge is 2.13. The molecule has 0 radical (unpaired) electrons. The van der Waals surface area contributed by atoms with Gasteiger partial charge >= 0.3 is 0 Å². The van der Waals surface area contributed by atoms with E-state index in [0.29, 0.717) is 18.7 Å². The number of methoxy groups -OCH3 is 1. The van der Waals surface area contributed by atoms with E-state index in [1.807, 2.05) is 13.8 Å². The number of amides is 1. The fraction of sp³-hybridized carbons (Fsp3) is 0.533. The molecule has 20 heavy (non-hydrogen) atoms. The van der Waals surface area contributed by atoms with Gasteiger partial charge in [0.25, 0.3) is 0 Å². The van der Waals surface area contributed by atoms with Crippen LogP contribution in [-0.2, 0) is 11.3 Å². The van der Waals surface area contributed by atoms with Gasteiger partial charge in [-0.2, -0.15) is 0 Å². The summed E-state index contributed by atoms with van der Waals surface area (Å²) in [5, 5.41) is 12.8. The number of nitrogens with zero attached hydrogens (tertiary/aromatic N) is 1. The Kier molecular flexibility index (Phi) is 6.31. The van der Waals surface area contributed by atoms with E-state index in [4.69, 9.17) is 4.74 Å². The number of carbonyl (C=O) groups is 1. The minimum absolute atomic E-state index is 0.0884. The normalized spacial score (nSPS) is 12.0. The van der Waals surface area contributed by atoms with Crippen LogP contribution < -0.4 is 10.1 Å². The van der Waals surface area contributed by atoms with Crippen molar-refractivity contribution in [2.75, 3.05) is 20.7 Å². The molecule has 1 atom stereocenters. The highest BCUT2D eigenvalue weighted by molar-refractivity contribution is 5.76. The largest absolute Gasteiger partial charge is 0.504 e. The number of benzene rings is 1. The summed E-state index contributed by atoms with van der Waals surface area (Å²) in [5.74, 6) is 0.612. The van der Waals surface area contributed by atoms with Crippen LogP contribution in [0.1, 0.15) is 25.8 Å². The number of hydrogen-bond donors (Lipinski definition) is 2. The number of carbonyl (C=O) groups excluding carboxylic acids is 1. The third-order valence-electron chi connectivity index (χ3n) is 3.12. The molecule has 0 aliphatic rings. The maximum Gasteiger partial charge on any atom is 0.224 e. The summed E-state index contributed by atoms with van der Waals surface area (Å²) in [7, 11) is 3.28. The zero-order valence-corrected chi connectivity index (χ0v) is 12.6. The number of ether oxygens (including phenoxy) is 1. The van der Waals surface area contributed by atoms with E-state index >= 15 is 0 Å². The van der Waals surface area contributed by atoms with Gasteiger partial charge in [0, 0.05) is 26.1 Å². The van der Waals surface area contributed by atoms with E-state index in [2.05, 4.69) is 5.32 Å². The van der Waals surface area contributed by atoms with Crippen LogP contribution in [0.5, 0.6) is 11.5 Å². The molecular formula is C15H24N2O3. The Hall–Kier alpha value is -1.75. The van der Waals surface area contributed by atoms with Crippen molar-refractivity contribution >= 4 is 5.91 Å². The molecule has 1 aromatic carbocycles. The Bertz CT molecular complexity index is 449. The zero-order valence-electron chi connectivity index (χ0n) is 12.6. The van der Waals surface area contributed by atoms with E-state index in [-0.39, 0.29) is 17.7 Å². The van der Waals surface area contributed by atoms with Crippen LogP contribution in [-0.4, -0.2) is 42.7 Å². The second-order valence-corrected chi connectivity index (χ2v) is 4.92. The Labute approximate surface area is 120 Å². The predicted octanol–water partition coefficient (Wildman–Crippen LogP) is 1.75. The van der Waals surface area contributed by atoms with Gasteiger partial charge < -0.3 is 20.1 Å². The van der Waals surface area contributed by atoms with Crippen molar-refractivity contribution in [2.24, 2.45) is 0 Å². The number of hydrogen-bond acceptors (Lipinski definition) is 4. The molecular weight excluding hydrogens is 256 g/mol. The highest BCUT2D eigenvalue weighted by atomic mass is 16.5. The van der Waals surface area contributed by atoms with Crippen molar-refractivity contribution in [3.05, 3.63) is 23.8 Å². The van der Waals surface area contributed by atoms with Crippen molar-refractivity contribution in [1.82, 2.24) is 10.2 Å². The van der Waals surface area contributed by atoms with Gasteiger partial charge in [0.15, 0.2) is 11.5 Å². The highest BCUT2D eigenvalue weighted by Crippen LogP contribution is 2.26. The van der Waals surface area contributed by atoms with E-state index in [1.54, 1.807) is 30.1 Å². The molecule has 0 aliphatic heterocycles. The average Bonchev–Trinajstić information content (AvgIpc) is 2.41. The van der Waals surface area contributed by atoms with Crippen LogP contribution in [0.2, 0.25) is 0 Å². The molecule has 0 saturated heterocycles. The lowest BCUT2D eigenvalue weighted by Gasteiger charge is -2.20. The second kappa shape index (κ2) is 7.75. The Balaban J connectivity index is 2.61. The van der Waals surface area contributed by atoms with Crippen LogP contribution in [0.15, 0.2) is 18.2 Å². The van der Waals surface area contributed by atoms with Crippen LogP contribution >= 0.6 is 0 Å². The molecule has 5 heteroatoms. The predicted molar refractivity (Wildman–Crippen MR) is 78.9 cm³/mol. The van der Waals surface area contributed by atoms with Crippen molar-refractivity contribution in [3.63, 3.8) is 0 Å². The zero-order chi connectivity index (χ0) is 15.1. The summed E-state index contributed by atoms with van der Waals surface area (Å²) < 4.78 is 5.06. The summed E-state index contributed by atoms with van der Waals surface area (Å²) >= 11 is 0. The van der Waals surface area contributed by atoms with E-state index in [1.165, 1.54) is 7.11 Å². The Morgan fingerprint density at radius 2 is 2.20 bits per heavy atom. The van der Waals surface area contributed by atoms with Gasteiger partial charge in [-0.1, -0.05) is 13.0 Å². The number of phenols is 1. The molecule has 0 spiro atoms. The fourth-order valence-corrected chi connectivity index (χ4v) is 2.02. The molecule has 0 bridgehead atoms. The third-order valence-corrected chi connectivity index (χ3v) is 3.12. The molecule has 0 fully saturated rings. The number of nitrogens with one attached hydrogen (secondary N) is 1. The number of aromatic hydroxyl groups is 1. The second-order valence-electron chi connectivity index (χ2n) is 4.92. The van der Waals surface area contributed by atoms with Gasteiger partial charge in [0.2, 0.25) is 5.91 Å². The first-order valence-corrected chi connectivity index (χ1v) is 6.81. The van der Waals surface area contributed by atoms with E-state index < -0.39 is 0 Å². The lowest BCUT2D eigenvalue weighted by Crippen LogP contribution is -2.34. The van der Waals surface area contributed by atoms with Crippen molar-refractivity contribution in [1.29, 1.82) is 0 Å². The van der Waals surface area contributed by atoms with E-state index in [9.17, 15) is 9.90 Å². The standard InChI is InChI=1S/C15H24N2O3/c1-5-16-11(2)8-15(19)17(3)10-12-6-7-13(18)14(9-12)20-4/h6-7,9,11,16,18H,5,8,10H2,1-4H3. The van der Waals surface area contributed by atoms with Gasteiger partial charge in [0.1, 0.15) is 0 Å². The minimum atomic E-state index is 0.0884. The maximum atomic E-state index is 12.1. The first-order chi connectivity index (χ1) is 9.47. The van der Waals surface area contributed by atoms with Crippen LogP contribution in [0.3, 0.4) is 0 Å². The van der Waals surface area contributed by atoms with Crippen molar-refractivity contribution in [3.8, 4) is 11.5 Å². The van der Waals surface area contributed by atoms with Crippen LogP contribution in [0.25, 0.3) is 0 Å². The van der Waals surface area contributed by atoms with E-state index in [0.717, 1.165) is 12.1 Å². The molecule has 2 N–H and O–H groups in total. The Morgan fingerprint density at radius 3 is 2.80 bits per heavy atom. The molecule has 0 saturated carbocycles. The molecule has 0 aromatic heterocycles. The first-order valence-electron chi connectivity index (χ1n) is 6.81. The van der Waals surface area contributed by atoms with Crippen molar-refractivity contribution < 1.29 is 14.6 Å². The summed E-state index contributed by atoms with van der Waals surface area (Å²) in [6.07, 6.45) is 0.472. The molecule has 1 unspecified atom stereocenters. The lowest BCUT2D eigenvalue weighted by molar-refractivity contribution is -0.130.